The molecule has 0 spiro atoms. The molecule has 2 aromatic carbocycles. The van der Waals surface area contributed by atoms with Gasteiger partial charge in [-0.25, -0.2) is 13.2 Å². The quantitative estimate of drug-likeness (QED) is 0.580. The highest BCUT2D eigenvalue weighted by Gasteiger charge is 2.24. The monoisotopic (exact) mass is 362 g/mol. The van der Waals surface area contributed by atoms with Crippen LogP contribution in [0, 0.1) is 0 Å². The van der Waals surface area contributed by atoms with Gasteiger partial charge in [-0.2, -0.15) is 0 Å². The number of esters is 1. The van der Waals surface area contributed by atoms with Gasteiger partial charge in [-0.05, 0) is 43.3 Å². The number of Topliss-reactive ketones (excluding diaryl/α,β-unsaturated/α-hetero) is 1. The summed E-state index contributed by atoms with van der Waals surface area (Å²) in [6.07, 6.45) is -0.0566. The van der Waals surface area contributed by atoms with Crippen molar-refractivity contribution in [3.63, 3.8) is 0 Å². The minimum absolute atomic E-state index is 0.0978. The third-order valence-corrected chi connectivity index (χ3v) is 4.69. The largest absolute Gasteiger partial charge is 0.497 e. The number of hydrogen-bond donors (Lipinski definition) is 0. The van der Waals surface area contributed by atoms with Crippen molar-refractivity contribution in [2.24, 2.45) is 0 Å². The highest BCUT2D eigenvalue weighted by molar-refractivity contribution is 7.90. The van der Waals surface area contributed by atoms with Gasteiger partial charge in [0.15, 0.2) is 15.9 Å². The molecule has 2 rings (SSSR count). The van der Waals surface area contributed by atoms with Gasteiger partial charge >= 0.3 is 5.97 Å². The lowest BCUT2D eigenvalue weighted by molar-refractivity contribution is 0.0315. The molecule has 0 saturated carbocycles. The Labute approximate surface area is 146 Å². The molecule has 1 atom stereocenters. The number of methoxy groups -OCH3 is 1. The smallest absolute Gasteiger partial charge is 0.340 e. The van der Waals surface area contributed by atoms with E-state index in [0.29, 0.717) is 11.3 Å². The summed E-state index contributed by atoms with van der Waals surface area (Å²) in [5, 5.41) is 0. The molecule has 25 heavy (non-hydrogen) atoms. The number of carbonyl (C=O) groups is 2. The summed E-state index contributed by atoms with van der Waals surface area (Å²) in [6.45, 7) is 1.44. The Balaban J connectivity index is 2.19. The van der Waals surface area contributed by atoms with Crippen LogP contribution in [0.4, 0.5) is 0 Å². The number of ketones is 1. The molecule has 0 fully saturated rings. The van der Waals surface area contributed by atoms with Crippen LogP contribution in [0.5, 0.6) is 5.75 Å². The zero-order valence-corrected chi connectivity index (χ0v) is 14.9. The van der Waals surface area contributed by atoms with E-state index in [1.165, 1.54) is 38.3 Å². The molecule has 0 aliphatic carbocycles. The van der Waals surface area contributed by atoms with Gasteiger partial charge in [0.25, 0.3) is 0 Å². The van der Waals surface area contributed by atoms with Crippen LogP contribution in [0.1, 0.15) is 27.6 Å². The fraction of sp³-hybridized carbons (Fsp3) is 0.222. The molecule has 0 unspecified atom stereocenters. The van der Waals surface area contributed by atoms with Gasteiger partial charge in [-0.1, -0.05) is 12.1 Å². The minimum atomic E-state index is -3.59. The van der Waals surface area contributed by atoms with E-state index in [2.05, 4.69) is 0 Å². The molecule has 0 aliphatic heterocycles. The van der Waals surface area contributed by atoms with E-state index in [1.807, 2.05) is 0 Å². The van der Waals surface area contributed by atoms with Gasteiger partial charge in [-0.3, -0.25) is 4.79 Å². The lowest BCUT2D eigenvalue weighted by Crippen LogP contribution is -2.25. The maximum Gasteiger partial charge on any atom is 0.340 e. The van der Waals surface area contributed by atoms with Crippen LogP contribution < -0.4 is 4.74 Å². The van der Waals surface area contributed by atoms with Crippen molar-refractivity contribution in [1.82, 2.24) is 0 Å². The second-order valence-corrected chi connectivity index (χ2v) is 7.39. The van der Waals surface area contributed by atoms with Crippen LogP contribution in [0.25, 0.3) is 0 Å². The van der Waals surface area contributed by atoms with Gasteiger partial charge < -0.3 is 9.47 Å². The fourth-order valence-corrected chi connectivity index (χ4v) is 3.10. The molecule has 132 valence electrons. The van der Waals surface area contributed by atoms with Crippen LogP contribution in [0.15, 0.2) is 53.4 Å². The third-order valence-electron chi connectivity index (χ3n) is 3.53. The Morgan fingerprint density at radius 3 is 2.16 bits per heavy atom. The summed E-state index contributed by atoms with van der Waals surface area (Å²) in [5.41, 5.74) is 0.261. The van der Waals surface area contributed by atoms with Gasteiger partial charge in [0.05, 0.1) is 17.6 Å². The lowest BCUT2D eigenvalue weighted by atomic mass is 10.1. The Morgan fingerprint density at radius 2 is 1.60 bits per heavy atom. The molecule has 0 aromatic heterocycles. The summed E-state index contributed by atoms with van der Waals surface area (Å²) in [6, 6.07) is 12.1. The molecule has 0 saturated heterocycles. The average Bonchev–Trinajstić information content (AvgIpc) is 2.60. The zero-order valence-electron chi connectivity index (χ0n) is 14.1. The minimum Gasteiger partial charge on any atom is -0.497 e. The van der Waals surface area contributed by atoms with Crippen molar-refractivity contribution < 1.29 is 27.5 Å². The maximum atomic E-state index is 12.4. The van der Waals surface area contributed by atoms with Gasteiger partial charge in [0.1, 0.15) is 5.75 Å². The number of hydrogen-bond acceptors (Lipinski definition) is 6. The van der Waals surface area contributed by atoms with E-state index in [9.17, 15) is 18.0 Å². The maximum absolute atomic E-state index is 12.4. The van der Waals surface area contributed by atoms with E-state index < -0.39 is 27.7 Å². The summed E-state index contributed by atoms with van der Waals surface area (Å²) >= 11 is 0. The molecule has 0 radical (unpaired) electrons. The van der Waals surface area contributed by atoms with Crippen LogP contribution >= 0.6 is 0 Å². The van der Waals surface area contributed by atoms with Crippen molar-refractivity contribution in [1.29, 1.82) is 0 Å². The molecule has 0 aliphatic rings. The van der Waals surface area contributed by atoms with E-state index in [-0.39, 0.29) is 10.5 Å². The van der Waals surface area contributed by atoms with Gasteiger partial charge in [0, 0.05) is 11.8 Å². The van der Waals surface area contributed by atoms with Gasteiger partial charge in [-0.15, -0.1) is 0 Å². The van der Waals surface area contributed by atoms with E-state index in [1.54, 1.807) is 24.3 Å². The number of benzene rings is 2. The number of carbonyl (C=O) groups excluding carboxylic acids is 2. The van der Waals surface area contributed by atoms with Crippen molar-refractivity contribution in [2.75, 3.05) is 13.4 Å². The molecule has 7 heteroatoms. The van der Waals surface area contributed by atoms with Crippen molar-refractivity contribution in [2.45, 2.75) is 17.9 Å². The molecule has 0 N–H and O–H groups in total. The number of sulfone groups is 1. The molecule has 0 bridgehead atoms. The Hall–Kier alpha value is -2.67. The highest BCUT2D eigenvalue weighted by Crippen LogP contribution is 2.18. The predicted molar refractivity (Wildman–Crippen MR) is 91.8 cm³/mol. The van der Waals surface area contributed by atoms with Gasteiger partial charge in [0.2, 0.25) is 5.78 Å². The lowest BCUT2D eigenvalue weighted by Gasteiger charge is -2.14. The number of rotatable bonds is 6. The standard InChI is InChI=1S/C18H18O6S/c1-12(17(19)13-8-10-14(23-2)11-9-13)24-18(20)15-6-4-5-7-16(15)25(3,21)22/h4-12H,1-3H3/t12-/m0/s1. The summed E-state index contributed by atoms with van der Waals surface area (Å²) in [7, 11) is -2.08. The summed E-state index contributed by atoms with van der Waals surface area (Å²) < 4.78 is 33.7. The number of ether oxygens (including phenoxy) is 2. The molecule has 0 amide bonds. The first-order valence-electron chi connectivity index (χ1n) is 7.42. The molecule has 0 heterocycles. The van der Waals surface area contributed by atoms with Crippen LogP contribution in [0.3, 0.4) is 0 Å². The average molecular weight is 362 g/mol. The second-order valence-electron chi connectivity index (χ2n) is 5.41. The third kappa shape index (κ3) is 4.45. The molecule has 6 nitrogen and oxygen atoms in total. The molecule has 2 aromatic rings. The van der Waals surface area contributed by atoms with E-state index >= 15 is 0 Å². The SMILES string of the molecule is COc1ccc(C(=O)[C@H](C)OC(=O)c2ccccc2S(C)(=O)=O)cc1. The normalized spacial score (nSPS) is 12.3. The van der Waals surface area contributed by atoms with E-state index in [4.69, 9.17) is 9.47 Å². The first-order chi connectivity index (χ1) is 11.7. The summed E-state index contributed by atoms with van der Waals surface area (Å²) in [5.74, 6) is -0.661. The first-order valence-corrected chi connectivity index (χ1v) is 9.31. The Bertz CT molecular complexity index is 884. The molecular formula is C18H18O6S. The Morgan fingerprint density at radius 1 is 1.00 bits per heavy atom. The van der Waals surface area contributed by atoms with E-state index in [0.717, 1.165) is 6.26 Å². The molecular weight excluding hydrogens is 344 g/mol. The topological polar surface area (TPSA) is 86.7 Å². The van der Waals surface area contributed by atoms with Crippen molar-refractivity contribution >= 4 is 21.6 Å². The first kappa shape index (κ1) is 18.7. The van der Waals surface area contributed by atoms with Crippen LogP contribution in [-0.2, 0) is 14.6 Å². The summed E-state index contributed by atoms with van der Waals surface area (Å²) in [4.78, 5) is 24.5. The van der Waals surface area contributed by atoms with Crippen molar-refractivity contribution in [3.05, 3.63) is 59.7 Å². The highest BCUT2D eigenvalue weighted by atomic mass is 32.2. The van der Waals surface area contributed by atoms with Crippen LogP contribution in [-0.4, -0.2) is 39.6 Å². The Kier molecular flexibility index (Phi) is 5.58. The van der Waals surface area contributed by atoms with Crippen LogP contribution in [0.2, 0.25) is 0 Å². The predicted octanol–water partition coefficient (Wildman–Crippen LogP) is 2.53. The second kappa shape index (κ2) is 7.48. The van der Waals surface area contributed by atoms with Crippen molar-refractivity contribution in [3.8, 4) is 5.75 Å². The fourth-order valence-electron chi connectivity index (χ4n) is 2.23. The zero-order chi connectivity index (χ0) is 18.6.